The van der Waals surface area contributed by atoms with Gasteiger partial charge in [0.25, 0.3) is 0 Å². The van der Waals surface area contributed by atoms with Crippen LogP contribution in [0, 0.1) is 6.92 Å². The zero-order valence-electron chi connectivity index (χ0n) is 14.3. The molecule has 2 N–H and O–H groups in total. The van der Waals surface area contributed by atoms with Crippen LogP contribution in [0.3, 0.4) is 0 Å². The quantitative estimate of drug-likeness (QED) is 0.733. The Kier molecular flexibility index (Phi) is 4.20. The number of hydrogen-bond acceptors (Lipinski definition) is 6. The lowest BCUT2D eigenvalue weighted by molar-refractivity contribution is 0.400. The predicted molar refractivity (Wildman–Crippen MR) is 95.0 cm³/mol. The first kappa shape index (κ1) is 16.0. The number of anilines is 4. The molecule has 24 heavy (non-hydrogen) atoms. The molecule has 0 aliphatic carbocycles. The van der Waals surface area contributed by atoms with E-state index in [9.17, 15) is 0 Å². The van der Waals surface area contributed by atoms with Gasteiger partial charge < -0.3 is 15.2 Å². The van der Waals surface area contributed by atoms with Crippen molar-refractivity contribution in [2.45, 2.75) is 33.1 Å². The van der Waals surface area contributed by atoms with Gasteiger partial charge in [-0.3, -0.25) is 0 Å². The van der Waals surface area contributed by atoms with Crippen molar-refractivity contribution in [2.24, 2.45) is 0 Å². The molecule has 124 valence electrons. The zero-order chi connectivity index (χ0) is 17.2. The number of benzene rings is 1. The lowest BCUT2D eigenvalue weighted by Crippen LogP contribution is -2.10. The summed E-state index contributed by atoms with van der Waals surface area (Å²) in [6.45, 7) is 8.43. The topological polar surface area (TPSA) is 75.9 Å². The molecule has 0 bridgehead atoms. The Morgan fingerprint density at radius 1 is 0.875 bits per heavy atom. The van der Waals surface area contributed by atoms with Gasteiger partial charge in [-0.05, 0) is 30.0 Å². The summed E-state index contributed by atoms with van der Waals surface area (Å²) in [5.74, 6) is 2.71. The van der Waals surface area contributed by atoms with Crippen molar-refractivity contribution < 1.29 is 4.52 Å². The van der Waals surface area contributed by atoms with Gasteiger partial charge in [-0.1, -0.05) is 38.1 Å². The molecule has 0 radical (unpaired) electrons. The minimum absolute atomic E-state index is 0.139. The number of aryl methyl sites for hydroxylation is 1. The van der Waals surface area contributed by atoms with Crippen LogP contribution in [-0.4, -0.2) is 15.1 Å². The average Bonchev–Trinajstić information content (AvgIpc) is 2.92. The molecule has 1 aromatic carbocycles. The number of rotatable bonds is 4. The summed E-state index contributed by atoms with van der Waals surface area (Å²) in [6, 6.07) is 12.0. The van der Waals surface area contributed by atoms with Crippen LogP contribution in [0.25, 0.3) is 0 Å². The van der Waals surface area contributed by atoms with Crippen LogP contribution in [0.2, 0.25) is 0 Å². The van der Waals surface area contributed by atoms with E-state index in [1.807, 2.05) is 13.0 Å². The molecule has 0 aliphatic rings. The minimum Gasteiger partial charge on any atom is -0.360 e. The van der Waals surface area contributed by atoms with E-state index < -0.39 is 0 Å². The van der Waals surface area contributed by atoms with Gasteiger partial charge in [0.15, 0.2) is 5.82 Å². The summed E-state index contributed by atoms with van der Waals surface area (Å²) in [5, 5.41) is 10.3. The van der Waals surface area contributed by atoms with Gasteiger partial charge in [-0.2, -0.15) is 0 Å². The monoisotopic (exact) mass is 323 g/mol. The summed E-state index contributed by atoms with van der Waals surface area (Å²) in [4.78, 5) is 8.43. The molecule has 3 aromatic rings. The fourth-order valence-corrected chi connectivity index (χ4v) is 2.25. The highest BCUT2D eigenvalue weighted by Gasteiger charge is 2.12. The molecule has 2 heterocycles. The molecule has 3 rings (SSSR count). The van der Waals surface area contributed by atoms with Gasteiger partial charge in [-0.25, -0.2) is 9.97 Å². The van der Waals surface area contributed by atoms with Gasteiger partial charge in [0.05, 0.1) is 0 Å². The third-order valence-electron chi connectivity index (χ3n) is 3.57. The number of aromatic nitrogens is 3. The van der Waals surface area contributed by atoms with E-state index >= 15 is 0 Å². The molecular weight excluding hydrogens is 302 g/mol. The van der Waals surface area contributed by atoms with Crippen molar-refractivity contribution in [1.82, 2.24) is 15.1 Å². The summed E-state index contributed by atoms with van der Waals surface area (Å²) in [6.07, 6.45) is 1.50. The Labute approximate surface area is 141 Å². The Morgan fingerprint density at radius 3 is 2.12 bits per heavy atom. The summed E-state index contributed by atoms with van der Waals surface area (Å²) in [5.41, 5.74) is 2.41. The first-order chi connectivity index (χ1) is 11.4. The maximum Gasteiger partial charge on any atom is 0.175 e. The fourth-order valence-electron chi connectivity index (χ4n) is 2.25. The van der Waals surface area contributed by atoms with Gasteiger partial charge in [0, 0.05) is 17.8 Å². The van der Waals surface area contributed by atoms with Crippen LogP contribution >= 0.6 is 0 Å². The average molecular weight is 323 g/mol. The number of nitrogens with one attached hydrogen (secondary N) is 2. The molecule has 2 aromatic heterocycles. The fraction of sp³-hybridized carbons (Fsp3) is 0.278. The third kappa shape index (κ3) is 3.90. The molecule has 6 heteroatoms. The van der Waals surface area contributed by atoms with Crippen LogP contribution in [0.4, 0.5) is 23.1 Å². The van der Waals surface area contributed by atoms with E-state index in [0.29, 0.717) is 17.5 Å². The van der Waals surface area contributed by atoms with E-state index in [0.717, 1.165) is 11.4 Å². The van der Waals surface area contributed by atoms with Crippen LogP contribution in [0.1, 0.15) is 32.1 Å². The van der Waals surface area contributed by atoms with E-state index in [4.69, 9.17) is 4.52 Å². The standard InChI is InChI=1S/C18H21N5O/c1-12-9-17(23-24-12)22-16-10-15(19-11-20-16)21-14-7-5-13(6-8-14)18(2,3)4/h5-11H,1-4H3,(H2,19,20,21,22,23). The highest BCUT2D eigenvalue weighted by atomic mass is 16.5. The second-order valence-electron chi connectivity index (χ2n) is 6.69. The number of nitrogens with zero attached hydrogens (tertiary/aromatic N) is 3. The van der Waals surface area contributed by atoms with Crippen molar-refractivity contribution in [2.75, 3.05) is 10.6 Å². The Morgan fingerprint density at radius 2 is 1.54 bits per heavy atom. The van der Waals surface area contributed by atoms with Crippen molar-refractivity contribution in [1.29, 1.82) is 0 Å². The smallest absolute Gasteiger partial charge is 0.175 e. The van der Waals surface area contributed by atoms with Crippen LogP contribution < -0.4 is 10.6 Å². The third-order valence-corrected chi connectivity index (χ3v) is 3.57. The largest absolute Gasteiger partial charge is 0.360 e. The second kappa shape index (κ2) is 6.31. The molecule has 0 spiro atoms. The molecule has 0 aliphatic heterocycles. The highest BCUT2D eigenvalue weighted by Crippen LogP contribution is 2.25. The molecule has 0 amide bonds. The SMILES string of the molecule is Cc1cc(Nc2cc(Nc3ccc(C(C)(C)C)cc3)ncn2)no1. The van der Waals surface area contributed by atoms with Crippen LogP contribution in [0.5, 0.6) is 0 Å². The molecule has 6 nitrogen and oxygen atoms in total. The highest BCUT2D eigenvalue weighted by molar-refractivity contribution is 5.61. The van der Waals surface area contributed by atoms with Gasteiger partial charge >= 0.3 is 0 Å². The maximum atomic E-state index is 5.03. The first-order valence-corrected chi connectivity index (χ1v) is 7.80. The Balaban J connectivity index is 1.72. The second-order valence-corrected chi connectivity index (χ2v) is 6.69. The van der Waals surface area contributed by atoms with Gasteiger partial charge in [0.2, 0.25) is 0 Å². The number of hydrogen-bond donors (Lipinski definition) is 2. The van der Waals surface area contributed by atoms with Crippen molar-refractivity contribution in [3.63, 3.8) is 0 Å². The van der Waals surface area contributed by atoms with Crippen LogP contribution in [0.15, 0.2) is 47.2 Å². The van der Waals surface area contributed by atoms with E-state index in [1.54, 1.807) is 6.07 Å². The summed E-state index contributed by atoms with van der Waals surface area (Å²) >= 11 is 0. The first-order valence-electron chi connectivity index (χ1n) is 7.80. The molecule has 0 fully saturated rings. The van der Waals surface area contributed by atoms with E-state index in [-0.39, 0.29) is 5.41 Å². The molecule has 0 saturated heterocycles. The molecule has 0 saturated carbocycles. The van der Waals surface area contributed by atoms with Crippen molar-refractivity contribution in [3.05, 3.63) is 54.0 Å². The molecule has 0 unspecified atom stereocenters. The maximum absolute atomic E-state index is 5.03. The molecular formula is C18H21N5O. The lowest BCUT2D eigenvalue weighted by atomic mass is 9.87. The Bertz CT molecular complexity index is 818. The van der Waals surface area contributed by atoms with Crippen molar-refractivity contribution in [3.8, 4) is 0 Å². The Hall–Kier alpha value is -2.89. The zero-order valence-corrected chi connectivity index (χ0v) is 14.3. The van der Waals surface area contributed by atoms with Gasteiger partial charge in [0.1, 0.15) is 23.7 Å². The van der Waals surface area contributed by atoms with E-state index in [2.05, 4.69) is 70.8 Å². The van der Waals surface area contributed by atoms with Gasteiger partial charge in [-0.15, -0.1) is 0 Å². The normalized spacial score (nSPS) is 11.3. The summed E-state index contributed by atoms with van der Waals surface area (Å²) in [7, 11) is 0. The van der Waals surface area contributed by atoms with E-state index in [1.165, 1.54) is 11.9 Å². The molecule has 0 atom stereocenters. The van der Waals surface area contributed by atoms with Crippen LogP contribution in [-0.2, 0) is 5.41 Å². The summed E-state index contributed by atoms with van der Waals surface area (Å²) < 4.78 is 5.03. The minimum atomic E-state index is 0.139. The lowest BCUT2D eigenvalue weighted by Gasteiger charge is -2.19. The van der Waals surface area contributed by atoms with Crippen molar-refractivity contribution >= 4 is 23.1 Å². The predicted octanol–water partition coefficient (Wildman–Crippen LogP) is 4.56.